The van der Waals surface area contributed by atoms with Gasteiger partial charge in [-0.2, -0.15) is 0 Å². The number of carbonyl (C=O) groups is 3. The molecule has 3 heterocycles. The molecule has 0 aliphatic carbocycles. The molecule has 2 aliphatic rings. The summed E-state index contributed by atoms with van der Waals surface area (Å²) < 4.78 is 5.32. The molecule has 1 fully saturated rings. The van der Waals surface area contributed by atoms with Crippen LogP contribution in [0, 0.1) is 0 Å². The molecular weight excluding hydrogens is 442 g/mol. The molecule has 1 unspecified atom stereocenters. The van der Waals surface area contributed by atoms with Crippen LogP contribution in [0.25, 0.3) is 0 Å². The van der Waals surface area contributed by atoms with Crippen LogP contribution in [0.2, 0.25) is 0 Å². The van der Waals surface area contributed by atoms with Gasteiger partial charge in [0.25, 0.3) is 11.8 Å². The van der Waals surface area contributed by atoms with Gasteiger partial charge in [0.1, 0.15) is 6.04 Å². The maximum atomic E-state index is 13.4. The molecule has 5 rings (SSSR count). The quantitative estimate of drug-likeness (QED) is 0.607. The van der Waals surface area contributed by atoms with Crippen molar-refractivity contribution in [2.24, 2.45) is 0 Å². The lowest BCUT2D eigenvalue weighted by Crippen LogP contribution is -2.50. The first-order valence-corrected chi connectivity index (χ1v) is 12.2. The number of carbonyl (C=O) groups excluding carboxylic acids is 3. The molecule has 3 aromatic rings. The SMILES string of the molecule is O=C(Nc1ccc(C(=O)N2CCCCCC2)cc1)C1Cc2ccccc2CN1C(=O)c1ccco1. The van der Waals surface area contributed by atoms with Crippen LogP contribution in [0.1, 0.15) is 57.7 Å². The summed E-state index contributed by atoms with van der Waals surface area (Å²) in [6, 6.07) is 17.4. The molecular formula is C28H29N3O4. The highest BCUT2D eigenvalue weighted by molar-refractivity contribution is 6.01. The van der Waals surface area contributed by atoms with E-state index in [2.05, 4.69) is 5.32 Å². The van der Waals surface area contributed by atoms with E-state index in [9.17, 15) is 14.4 Å². The number of amides is 3. The van der Waals surface area contributed by atoms with E-state index < -0.39 is 6.04 Å². The zero-order valence-electron chi connectivity index (χ0n) is 19.6. The summed E-state index contributed by atoms with van der Waals surface area (Å²) in [5.74, 6) is -0.350. The second-order valence-corrected chi connectivity index (χ2v) is 9.17. The number of fused-ring (bicyclic) bond motifs is 1. The predicted octanol–water partition coefficient (Wildman–Crippen LogP) is 4.50. The van der Waals surface area contributed by atoms with Gasteiger partial charge >= 0.3 is 0 Å². The van der Waals surface area contributed by atoms with Gasteiger partial charge in [-0.05, 0) is 60.4 Å². The second kappa shape index (κ2) is 10.2. The minimum Gasteiger partial charge on any atom is -0.459 e. The number of nitrogens with one attached hydrogen (secondary N) is 1. The Morgan fingerprint density at radius 2 is 1.51 bits per heavy atom. The maximum absolute atomic E-state index is 13.4. The monoisotopic (exact) mass is 471 g/mol. The van der Waals surface area contributed by atoms with Crippen LogP contribution in [0.5, 0.6) is 0 Å². The summed E-state index contributed by atoms with van der Waals surface area (Å²) in [5.41, 5.74) is 3.28. The highest BCUT2D eigenvalue weighted by Crippen LogP contribution is 2.26. The molecule has 0 saturated carbocycles. The predicted molar refractivity (Wildman–Crippen MR) is 132 cm³/mol. The average molecular weight is 472 g/mol. The van der Waals surface area contributed by atoms with E-state index in [1.165, 1.54) is 19.1 Å². The van der Waals surface area contributed by atoms with Crippen molar-refractivity contribution in [3.05, 3.63) is 89.4 Å². The standard InChI is InChI=1S/C28H29N3O4/c32-26(29-23-13-11-20(12-14-23)27(33)30-15-5-1-2-6-16-30)24-18-21-8-3-4-9-22(21)19-31(24)28(34)25-10-7-17-35-25/h3-4,7-14,17,24H,1-2,5-6,15-16,18-19H2,(H,29,32). The number of hydrogen-bond donors (Lipinski definition) is 1. The first-order chi connectivity index (χ1) is 17.1. The molecule has 3 amide bonds. The van der Waals surface area contributed by atoms with Gasteiger partial charge in [-0.25, -0.2) is 0 Å². The van der Waals surface area contributed by atoms with Crippen molar-refractivity contribution in [1.29, 1.82) is 0 Å². The maximum Gasteiger partial charge on any atom is 0.290 e. The van der Waals surface area contributed by atoms with Crippen LogP contribution in [-0.2, 0) is 17.8 Å². The Bertz CT molecular complexity index is 1200. The molecule has 0 spiro atoms. The molecule has 0 radical (unpaired) electrons. The second-order valence-electron chi connectivity index (χ2n) is 9.17. The number of anilines is 1. The molecule has 2 aliphatic heterocycles. The minimum atomic E-state index is -0.680. The van der Waals surface area contributed by atoms with Gasteiger partial charge < -0.3 is 19.5 Å². The summed E-state index contributed by atoms with van der Waals surface area (Å²) in [7, 11) is 0. The third-order valence-corrected chi connectivity index (χ3v) is 6.84. The molecule has 1 saturated heterocycles. The highest BCUT2D eigenvalue weighted by atomic mass is 16.3. The Balaban J connectivity index is 1.31. The van der Waals surface area contributed by atoms with E-state index in [4.69, 9.17) is 4.42 Å². The van der Waals surface area contributed by atoms with Gasteiger partial charge in [-0.15, -0.1) is 0 Å². The lowest BCUT2D eigenvalue weighted by atomic mass is 9.93. The van der Waals surface area contributed by atoms with Gasteiger partial charge in [0, 0.05) is 37.3 Å². The Kier molecular flexibility index (Phi) is 6.66. The molecule has 35 heavy (non-hydrogen) atoms. The molecule has 0 bridgehead atoms. The molecule has 7 heteroatoms. The highest BCUT2D eigenvalue weighted by Gasteiger charge is 2.36. The fraction of sp³-hybridized carbons (Fsp3) is 0.321. The van der Waals surface area contributed by atoms with E-state index in [0.29, 0.717) is 24.2 Å². The van der Waals surface area contributed by atoms with Crippen LogP contribution in [0.15, 0.2) is 71.3 Å². The Labute approximate surface area is 204 Å². The fourth-order valence-corrected chi connectivity index (χ4v) is 4.89. The van der Waals surface area contributed by atoms with Crippen molar-refractivity contribution in [3.63, 3.8) is 0 Å². The smallest absolute Gasteiger partial charge is 0.290 e. The van der Waals surface area contributed by atoms with Gasteiger partial charge in [0.05, 0.1) is 6.26 Å². The van der Waals surface area contributed by atoms with Crippen molar-refractivity contribution in [3.8, 4) is 0 Å². The molecule has 1 N–H and O–H groups in total. The number of hydrogen-bond acceptors (Lipinski definition) is 4. The fourth-order valence-electron chi connectivity index (χ4n) is 4.89. The van der Waals surface area contributed by atoms with E-state index >= 15 is 0 Å². The van der Waals surface area contributed by atoms with Gasteiger partial charge in [0.2, 0.25) is 5.91 Å². The van der Waals surface area contributed by atoms with Crippen molar-refractivity contribution in [2.45, 2.75) is 44.7 Å². The third-order valence-electron chi connectivity index (χ3n) is 6.84. The summed E-state index contributed by atoms with van der Waals surface area (Å²) in [6.07, 6.45) is 6.28. The summed E-state index contributed by atoms with van der Waals surface area (Å²) in [6.45, 7) is 1.91. The first kappa shape index (κ1) is 22.9. The van der Waals surface area contributed by atoms with Crippen LogP contribution in [0.4, 0.5) is 5.69 Å². The van der Waals surface area contributed by atoms with Crippen LogP contribution < -0.4 is 5.32 Å². The number of nitrogens with zero attached hydrogens (tertiary/aromatic N) is 2. The van der Waals surface area contributed by atoms with Crippen molar-refractivity contribution < 1.29 is 18.8 Å². The lowest BCUT2D eigenvalue weighted by molar-refractivity contribution is -0.121. The Hall–Kier alpha value is -3.87. The number of likely N-dealkylation sites (tertiary alicyclic amines) is 1. The summed E-state index contributed by atoms with van der Waals surface area (Å²) in [5, 5.41) is 2.94. The molecule has 180 valence electrons. The van der Waals surface area contributed by atoms with Gasteiger partial charge in [-0.1, -0.05) is 37.1 Å². The largest absolute Gasteiger partial charge is 0.459 e. The van der Waals surface area contributed by atoms with E-state index in [1.807, 2.05) is 29.2 Å². The number of furan rings is 1. The van der Waals surface area contributed by atoms with Crippen LogP contribution in [0.3, 0.4) is 0 Å². The average Bonchev–Trinajstić information content (AvgIpc) is 3.30. The van der Waals surface area contributed by atoms with Crippen LogP contribution >= 0.6 is 0 Å². The normalized spacial score (nSPS) is 17.9. The van der Waals surface area contributed by atoms with Crippen molar-refractivity contribution >= 4 is 23.4 Å². The Morgan fingerprint density at radius 3 is 2.20 bits per heavy atom. The zero-order valence-corrected chi connectivity index (χ0v) is 19.6. The van der Waals surface area contributed by atoms with Crippen molar-refractivity contribution in [1.82, 2.24) is 9.80 Å². The molecule has 2 aromatic carbocycles. The summed E-state index contributed by atoms with van der Waals surface area (Å²) >= 11 is 0. The minimum absolute atomic E-state index is 0.0314. The van der Waals surface area contributed by atoms with Gasteiger partial charge in [-0.3, -0.25) is 14.4 Å². The molecule has 1 atom stereocenters. The third kappa shape index (κ3) is 4.99. The summed E-state index contributed by atoms with van der Waals surface area (Å²) in [4.78, 5) is 42.8. The molecule has 7 nitrogen and oxygen atoms in total. The van der Waals surface area contributed by atoms with E-state index in [0.717, 1.165) is 37.1 Å². The van der Waals surface area contributed by atoms with Gasteiger partial charge in [0.15, 0.2) is 5.76 Å². The topological polar surface area (TPSA) is 82.9 Å². The number of rotatable bonds is 4. The number of benzene rings is 2. The Morgan fingerprint density at radius 1 is 0.800 bits per heavy atom. The first-order valence-electron chi connectivity index (χ1n) is 12.2. The lowest BCUT2D eigenvalue weighted by Gasteiger charge is -2.35. The molecule has 1 aromatic heterocycles. The van der Waals surface area contributed by atoms with E-state index in [-0.39, 0.29) is 23.5 Å². The van der Waals surface area contributed by atoms with Crippen molar-refractivity contribution in [2.75, 3.05) is 18.4 Å². The zero-order chi connectivity index (χ0) is 24.2. The van der Waals surface area contributed by atoms with E-state index in [1.54, 1.807) is 41.3 Å². The van der Waals surface area contributed by atoms with Crippen LogP contribution in [-0.4, -0.2) is 46.7 Å².